The highest BCUT2D eigenvalue weighted by atomic mass is 16.1. The lowest BCUT2D eigenvalue weighted by Gasteiger charge is -2.25. The number of fused-ring (bicyclic) bond motifs is 1. The predicted octanol–water partition coefficient (Wildman–Crippen LogP) is 1.99. The molecule has 1 N–H and O–H groups in total. The highest BCUT2D eigenvalue weighted by Crippen LogP contribution is 2.28. The Morgan fingerprint density at radius 2 is 2.30 bits per heavy atom. The van der Waals surface area contributed by atoms with Crippen LogP contribution < -0.4 is 5.32 Å². The molecule has 0 saturated heterocycles. The average Bonchev–Trinajstić information content (AvgIpc) is 2.48. The van der Waals surface area contributed by atoms with Crippen molar-refractivity contribution in [2.45, 2.75) is 32.2 Å². The summed E-state index contributed by atoms with van der Waals surface area (Å²) >= 11 is 0. The first kappa shape index (κ1) is 12.7. The Morgan fingerprint density at radius 3 is 3.10 bits per heavy atom. The van der Waals surface area contributed by atoms with E-state index >= 15 is 0 Å². The number of hydrogen-bond acceptors (Lipinski definition) is 4. The summed E-state index contributed by atoms with van der Waals surface area (Å²) < 4.78 is 0. The summed E-state index contributed by atoms with van der Waals surface area (Å²) in [5, 5.41) is 3.05. The van der Waals surface area contributed by atoms with Gasteiger partial charge in [0, 0.05) is 29.8 Å². The van der Waals surface area contributed by atoms with Gasteiger partial charge in [-0.25, -0.2) is 9.97 Å². The van der Waals surface area contributed by atoms with Crippen LogP contribution in [-0.2, 0) is 6.42 Å². The lowest BCUT2D eigenvalue weighted by Crippen LogP contribution is -2.31. The fourth-order valence-electron chi connectivity index (χ4n) is 2.54. The summed E-state index contributed by atoms with van der Waals surface area (Å²) in [6.45, 7) is 1.89. The van der Waals surface area contributed by atoms with Gasteiger partial charge in [-0.05, 0) is 38.3 Å². The summed E-state index contributed by atoms with van der Waals surface area (Å²) in [6, 6.07) is 3.51. The van der Waals surface area contributed by atoms with E-state index in [0.717, 1.165) is 36.3 Å². The summed E-state index contributed by atoms with van der Waals surface area (Å²) in [5.74, 6) is 0.680. The number of nitrogens with zero attached hydrogens (tertiary/aromatic N) is 3. The van der Waals surface area contributed by atoms with Gasteiger partial charge in [-0.2, -0.15) is 0 Å². The molecule has 102 valence electrons. The molecule has 5 nitrogen and oxygen atoms in total. The Kier molecular flexibility index (Phi) is 3.41. The molecule has 0 saturated carbocycles. The van der Waals surface area contributed by atoms with Crippen LogP contribution in [0.5, 0.6) is 0 Å². The molecule has 2 heterocycles. The van der Waals surface area contributed by atoms with E-state index in [-0.39, 0.29) is 11.9 Å². The molecule has 0 fully saturated rings. The van der Waals surface area contributed by atoms with Crippen molar-refractivity contribution in [2.24, 2.45) is 0 Å². The van der Waals surface area contributed by atoms with Gasteiger partial charge in [-0.1, -0.05) is 0 Å². The van der Waals surface area contributed by atoms with Crippen LogP contribution in [0.3, 0.4) is 0 Å². The SMILES string of the molecule is Cc1ncc2c(n1)CCCC2NC(=O)c1cccnc1. The fourth-order valence-corrected chi connectivity index (χ4v) is 2.54. The Bertz CT molecular complexity index is 627. The van der Waals surface area contributed by atoms with Gasteiger partial charge >= 0.3 is 0 Å². The molecule has 1 amide bonds. The number of aromatic nitrogens is 3. The van der Waals surface area contributed by atoms with E-state index in [0.29, 0.717) is 5.56 Å². The van der Waals surface area contributed by atoms with Crippen molar-refractivity contribution < 1.29 is 4.79 Å². The van der Waals surface area contributed by atoms with Gasteiger partial charge in [0.15, 0.2) is 0 Å². The van der Waals surface area contributed by atoms with Crippen LogP contribution in [-0.4, -0.2) is 20.9 Å². The van der Waals surface area contributed by atoms with Crippen LogP contribution >= 0.6 is 0 Å². The number of carbonyl (C=O) groups excluding carboxylic acids is 1. The van der Waals surface area contributed by atoms with Gasteiger partial charge < -0.3 is 5.32 Å². The van der Waals surface area contributed by atoms with Crippen LogP contribution in [0.4, 0.5) is 0 Å². The number of hydrogen-bond donors (Lipinski definition) is 1. The summed E-state index contributed by atoms with van der Waals surface area (Å²) in [5.41, 5.74) is 2.67. The van der Waals surface area contributed by atoms with E-state index in [2.05, 4.69) is 20.3 Å². The third-order valence-electron chi connectivity index (χ3n) is 3.53. The lowest BCUT2D eigenvalue weighted by atomic mass is 9.92. The molecular weight excluding hydrogens is 252 g/mol. The maximum absolute atomic E-state index is 12.2. The molecule has 2 aromatic heterocycles. The first-order valence-corrected chi connectivity index (χ1v) is 6.77. The highest BCUT2D eigenvalue weighted by molar-refractivity contribution is 5.94. The van der Waals surface area contributed by atoms with Gasteiger partial charge in [-0.3, -0.25) is 9.78 Å². The first-order valence-electron chi connectivity index (χ1n) is 6.77. The van der Waals surface area contributed by atoms with Crippen molar-refractivity contribution in [3.63, 3.8) is 0 Å². The molecule has 1 atom stereocenters. The van der Waals surface area contributed by atoms with Crippen LogP contribution in [0.25, 0.3) is 0 Å². The maximum Gasteiger partial charge on any atom is 0.253 e. The minimum atomic E-state index is -0.100. The predicted molar refractivity (Wildman–Crippen MR) is 74.2 cm³/mol. The molecule has 1 aliphatic rings. The Morgan fingerprint density at radius 1 is 1.40 bits per heavy atom. The van der Waals surface area contributed by atoms with Crippen molar-refractivity contribution in [3.8, 4) is 0 Å². The molecule has 0 spiro atoms. The molecular formula is C15H16N4O. The van der Waals surface area contributed by atoms with Crippen molar-refractivity contribution in [3.05, 3.63) is 53.4 Å². The second kappa shape index (κ2) is 5.36. The topological polar surface area (TPSA) is 67.8 Å². The maximum atomic E-state index is 12.2. The van der Waals surface area contributed by atoms with Crippen molar-refractivity contribution in [2.75, 3.05) is 0 Å². The Labute approximate surface area is 117 Å². The van der Waals surface area contributed by atoms with Gasteiger partial charge in [0.2, 0.25) is 0 Å². The minimum Gasteiger partial charge on any atom is -0.345 e. The smallest absolute Gasteiger partial charge is 0.253 e. The van der Waals surface area contributed by atoms with Crippen molar-refractivity contribution in [1.82, 2.24) is 20.3 Å². The fraction of sp³-hybridized carbons (Fsp3) is 0.333. The molecule has 1 aliphatic carbocycles. The largest absolute Gasteiger partial charge is 0.345 e. The summed E-state index contributed by atoms with van der Waals surface area (Å²) in [6.07, 6.45) is 7.98. The molecule has 3 rings (SSSR count). The molecule has 5 heteroatoms. The molecule has 0 radical (unpaired) electrons. The number of carbonyl (C=O) groups is 1. The van der Waals surface area contributed by atoms with Crippen molar-refractivity contribution >= 4 is 5.91 Å². The third-order valence-corrected chi connectivity index (χ3v) is 3.53. The van der Waals surface area contributed by atoms with Crippen LogP contribution in [0.15, 0.2) is 30.7 Å². The molecule has 0 aromatic carbocycles. The molecule has 2 aromatic rings. The van der Waals surface area contributed by atoms with Gasteiger partial charge in [0.05, 0.1) is 11.6 Å². The summed E-state index contributed by atoms with van der Waals surface area (Å²) in [4.78, 5) is 24.9. The van der Waals surface area contributed by atoms with E-state index in [1.165, 1.54) is 0 Å². The number of rotatable bonds is 2. The zero-order valence-electron chi connectivity index (χ0n) is 11.3. The van der Waals surface area contributed by atoms with E-state index in [9.17, 15) is 4.79 Å². The standard InChI is InChI=1S/C15H16N4O/c1-10-17-9-12-13(18-10)5-2-6-14(12)19-15(20)11-4-3-7-16-8-11/h3-4,7-9,14H,2,5-6H2,1H3,(H,19,20). The Hall–Kier alpha value is -2.30. The van der Waals surface area contributed by atoms with Gasteiger partial charge in [-0.15, -0.1) is 0 Å². The molecule has 0 aliphatic heterocycles. The Balaban J connectivity index is 1.81. The average molecular weight is 268 g/mol. The molecule has 0 bridgehead atoms. The number of pyridine rings is 1. The van der Waals surface area contributed by atoms with E-state index < -0.39 is 0 Å². The zero-order chi connectivity index (χ0) is 13.9. The number of amides is 1. The molecule has 20 heavy (non-hydrogen) atoms. The van der Waals surface area contributed by atoms with E-state index in [4.69, 9.17) is 0 Å². The van der Waals surface area contributed by atoms with Gasteiger partial charge in [0.1, 0.15) is 5.82 Å². The van der Waals surface area contributed by atoms with E-state index in [1.807, 2.05) is 13.1 Å². The second-order valence-corrected chi connectivity index (χ2v) is 4.98. The second-order valence-electron chi connectivity index (χ2n) is 4.98. The van der Waals surface area contributed by atoms with E-state index in [1.54, 1.807) is 24.5 Å². The quantitative estimate of drug-likeness (QED) is 0.904. The minimum absolute atomic E-state index is 0.00736. The van der Waals surface area contributed by atoms with Crippen LogP contribution in [0.2, 0.25) is 0 Å². The zero-order valence-corrected chi connectivity index (χ0v) is 11.3. The molecule has 1 unspecified atom stereocenters. The van der Waals surface area contributed by atoms with Gasteiger partial charge in [0.25, 0.3) is 5.91 Å². The normalized spacial score (nSPS) is 17.4. The highest BCUT2D eigenvalue weighted by Gasteiger charge is 2.23. The lowest BCUT2D eigenvalue weighted by molar-refractivity contribution is 0.0932. The number of nitrogens with one attached hydrogen (secondary N) is 1. The number of aryl methyl sites for hydroxylation is 2. The summed E-state index contributed by atoms with van der Waals surface area (Å²) in [7, 11) is 0. The van der Waals surface area contributed by atoms with Crippen LogP contribution in [0, 0.1) is 6.92 Å². The van der Waals surface area contributed by atoms with Crippen LogP contribution in [0.1, 0.15) is 46.3 Å². The third kappa shape index (κ3) is 2.52. The first-order chi connectivity index (χ1) is 9.74. The monoisotopic (exact) mass is 268 g/mol. The van der Waals surface area contributed by atoms with Crippen molar-refractivity contribution in [1.29, 1.82) is 0 Å².